The van der Waals surface area contributed by atoms with Crippen LogP contribution in [-0.4, -0.2) is 35.4 Å². The quantitative estimate of drug-likeness (QED) is 0.481. The van der Waals surface area contributed by atoms with Crippen molar-refractivity contribution in [2.45, 2.75) is 31.1 Å². The lowest BCUT2D eigenvalue weighted by molar-refractivity contribution is -0.118. The number of oxazole rings is 1. The Hall–Kier alpha value is -3.11. The number of rotatable bonds is 6. The Labute approximate surface area is 179 Å². The summed E-state index contributed by atoms with van der Waals surface area (Å²) in [4.78, 5) is 16.3. The SMILES string of the molecule is CC1(C)Cc2cccc(OCC#CCNC(=O)CSc3nc4ccccc4o3)c2O1. The standard InChI is InChI=1S/C23H22N2O4S/c1-23(2)14-16-8-7-11-19(21(16)29-23)27-13-6-5-12-24-20(26)15-30-22-25-17-9-3-4-10-18(17)28-22/h3-4,7-11H,12-15H2,1-2H3,(H,24,26). The van der Waals surface area contributed by atoms with E-state index in [0.717, 1.165) is 23.3 Å². The number of nitrogens with one attached hydrogen (secondary N) is 1. The second kappa shape index (κ2) is 8.72. The Bertz CT molecular complexity index is 1090. The van der Waals surface area contributed by atoms with Crippen LogP contribution in [0.2, 0.25) is 0 Å². The maximum atomic E-state index is 12.0. The number of fused-ring (bicyclic) bond motifs is 2. The van der Waals surface area contributed by atoms with Crippen LogP contribution in [0.1, 0.15) is 19.4 Å². The van der Waals surface area contributed by atoms with E-state index in [9.17, 15) is 4.79 Å². The summed E-state index contributed by atoms with van der Waals surface area (Å²) >= 11 is 1.25. The molecular weight excluding hydrogens is 400 g/mol. The first-order chi connectivity index (χ1) is 14.5. The summed E-state index contributed by atoms with van der Waals surface area (Å²) < 4.78 is 17.3. The van der Waals surface area contributed by atoms with Gasteiger partial charge in [0.2, 0.25) is 5.91 Å². The summed E-state index contributed by atoms with van der Waals surface area (Å²) in [6.07, 6.45) is 0.860. The van der Waals surface area contributed by atoms with Gasteiger partial charge in [0.15, 0.2) is 17.1 Å². The van der Waals surface area contributed by atoms with Crippen molar-refractivity contribution in [2.75, 3.05) is 18.9 Å². The van der Waals surface area contributed by atoms with Gasteiger partial charge >= 0.3 is 0 Å². The van der Waals surface area contributed by atoms with Gasteiger partial charge in [-0.25, -0.2) is 4.98 Å². The maximum Gasteiger partial charge on any atom is 0.257 e. The fourth-order valence-corrected chi connectivity index (χ4v) is 3.83. The van der Waals surface area contributed by atoms with Crippen LogP contribution in [0.5, 0.6) is 11.5 Å². The molecule has 154 valence electrons. The lowest BCUT2D eigenvalue weighted by Gasteiger charge is -2.17. The number of benzene rings is 2. The molecule has 1 N–H and O–H groups in total. The van der Waals surface area contributed by atoms with Crippen molar-refractivity contribution in [3.63, 3.8) is 0 Å². The molecule has 0 fully saturated rings. The molecule has 30 heavy (non-hydrogen) atoms. The number of ether oxygens (including phenoxy) is 2. The van der Waals surface area contributed by atoms with E-state index in [4.69, 9.17) is 13.9 Å². The zero-order valence-electron chi connectivity index (χ0n) is 16.9. The summed E-state index contributed by atoms with van der Waals surface area (Å²) in [6.45, 7) is 4.60. The molecular formula is C23H22N2O4S. The smallest absolute Gasteiger partial charge is 0.257 e. The Morgan fingerprint density at radius 2 is 2.10 bits per heavy atom. The highest BCUT2D eigenvalue weighted by molar-refractivity contribution is 7.99. The Morgan fingerprint density at radius 3 is 2.97 bits per heavy atom. The van der Waals surface area contributed by atoms with E-state index in [-0.39, 0.29) is 30.4 Å². The highest BCUT2D eigenvalue weighted by Gasteiger charge is 2.32. The first-order valence-electron chi connectivity index (χ1n) is 9.65. The van der Waals surface area contributed by atoms with Crippen LogP contribution in [0.25, 0.3) is 11.1 Å². The number of carbonyl (C=O) groups is 1. The van der Waals surface area contributed by atoms with Gasteiger partial charge in [-0.3, -0.25) is 4.79 Å². The van der Waals surface area contributed by atoms with E-state index in [1.54, 1.807) is 0 Å². The zero-order chi connectivity index (χ0) is 21.0. The molecule has 1 aliphatic heterocycles. The predicted octanol–water partition coefficient (Wildman–Crippen LogP) is 3.83. The highest BCUT2D eigenvalue weighted by Crippen LogP contribution is 2.41. The second-order valence-corrected chi connectivity index (χ2v) is 8.36. The minimum atomic E-state index is -0.215. The van der Waals surface area contributed by atoms with E-state index in [2.05, 4.69) is 42.1 Å². The molecule has 6 nitrogen and oxygen atoms in total. The van der Waals surface area contributed by atoms with Crippen molar-refractivity contribution >= 4 is 28.8 Å². The van der Waals surface area contributed by atoms with Crippen molar-refractivity contribution in [3.05, 3.63) is 48.0 Å². The second-order valence-electron chi connectivity index (χ2n) is 7.44. The van der Waals surface area contributed by atoms with Crippen LogP contribution in [0.4, 0.5) is 0 Å². The fourth-order valence-electron chi connectivity index (χ4n) is 3.16. The van der Waals surface area contributed by atoms with Gasteiger partial charge in [-0.1, -0.05) is 47.9 Å². The molecule has 3 aromatic rings. The zero-order valence-corrected chi connectivity index (χ0v) is 17.7. The van der Waals surface area contributed by atoms with Crippen molar-refractivity contribution < 1.29 is 18.7 Å². The molecule has 0 saturated carbocycles. The minimum absolute atomic E-state index is 0.131. The van der Waals surface area contributed by atoms with Gasteiger partial charge in [-0.05, 0) is 32.0 Å². The van der Waals surface area contributed by atoms with Crippen LogP contribution in [0.15, 0.2) is 52.1 Å². The summed E-state index contributed by atoms with van der Waals surface area (Å²) in [7, 11) is 0. The van der Waals surface area contributed by atoms with Crippen molar-refractivity contribution in [3.8, 4) is 23.3 Å². The van der Waals surface area contributed by atoms with Crippen LogP contribution in [0.3, 0.4) is 0 Å². The summed E-state index contributed by atoms with van der Waals surface area (Å²) in [6, 6.07) is 13.4. The molecule has 0 spiro atoms. The molecule has 0 radical (unpaired) electrons. The average Bonchev–Trinajstić information content (AvgIpc) is 3.28. The predicted molar refractivity (Wildman–Crippen MR) is 116 cm³/mol. The normalized spacial score (nSPS) is 13.8. The molecule has 2 heterocycles. The molecule has 2 aromatic carbocycles. The number of hydrogen-bond donors (Lipinski definition) is 1. The van der Waals surface area contributed by atoms with Crippen LogP contribution >= 0.6 is 11.8 Å². The Balaban J connectivity index is 1.19. The first kappa shape index (κ1) is 20.2. The topological polar surface area (TPSA) is 73.6 Å². The largest absolute Gasteiger partial charge is 0.483 e. The lowest BCUT2D eigenvalue weighted by Crippen LogP contribution is -2.25. The highest BCUT2D eigenvalue weighted by atomic mass is 32.2. The fraction of sp³-hybridized carbons (Fsp3) is 0.304. The summed E-state index contributed by atoms with van der Waals surface area (Å²) in [5.74, 6) is 7.39. The third kappa shape index (κ3) is 4.89. The summed E-state index contributed by atoms with van der Waals surface area (Å²) in [5, 5.41) is 3.23. The maximum absolute atomic E-state index is 12.0. The van der Waals surface area contributed by atoms with E-state index in [1.807, 2.05) is 36.4 Å². The molecule has 0 saturated heterocycles. The average molecular weight is 423 g/mol. The summed E-state index contributed by atoms with van der Waals surface area (Å²) in [5.41, 5.74) is 2.43. The van der Waals surface area contributed by atoms with Gasteiger partial charge in [0, 0.05) is 12.0 Å². The van der Waals surface area contributed by atoms with Crippen molar-refractivity contribution in [1.29, 1.82) is 0 Å². The molecule has 1 aliphatic rings. The van der Waals surface area contributed by atoms with E-state index in [1.165, 1.54) is 11.8 Å². The third-order valence-electron chi connectivity index (χ3n) is 4.45. The molecule has 1 amide bonds. The molecule has 0 bridgehead atoms. The van der Waals surface area contributed by atoms with E-state index in [0.29, 0.717) is 16.6 Å². The van der Waals surface area contributed by atoms with Gasteiger partial charge in [-0.15, -0.1) is 0 Å². The minimum Gasteiger partial charge on any atom is -0.483 e. The van der Waals surface area contributed by atoms with E-state index < -0.39 is 0 Å². The monoisotopic (exact) mass is 422 g/mol. The number of aromatic nitrogens is 1. The van der Waals surface area contributed by atoms with Crippen LogP contribution < -0.4 is 14.8 Å². The van der Waals surface area contributed by atoms with Crippen molar-refractivity contribution in [2.24, 2.45) is 0 Å². The molecule has 0 aliphatic carbocycles. The van der Waals surface area contributed by atoms with Crippen LogP contribution in [-0.2, 0) is 11.2 Å². The van der Waals surface area contributed by atoms with Gasteiger partial charge in [0.05, 0.1) is 12.3 Å². The number of amides is 1. The van der Waals surface area contributed by atoms with E-state index >= 15 is 0 Å². The van der Waals surface area contributed by atoms with Gasteiger partial charge in [-0.2, -0.15) is 0 Å². The number of nitrogens with zero attached hydrogens (tertiary/aromatic N) is 1. The number of hydrogen-bond acceptors (Lipinski definition) is 6. The molecule has 0 atom stereocenters. The molecule has 0 unspecified atom stereocenters. The van der Waals surface area contributed by atoms with Gasteiger partial charge in [0.1, 0.15) is 17.7 Å². The molecule has 4 rings (SSSR count). The number of thioether (sulfide) groups is 1. The van der Waals surface area contributed by atoms with Crippen LogP contribution in [0, 0.1) is 11.8 Å². The Kier molecular flexibility index (Phi) is 5.86. The third-order valence-corrected chi connectivity index (χ3v) is 5.28. The molecule has 7 heteroatoms. The van der Waals surface area contributed by atoms with Gasteiger partial charge in [0.25, 0.3) is 5.22 Å². The first-order valence-corrected chi connectivity index (χ1v) is 10.6. The lowest BCUT2D eigenvalue weighted by atomic mass is 10.0. The molecule has 1 aromatic heterocycles. The number of para-hydroxylation sites is 3. The van der Waals surface area contributed by atoms with Gasteiger partial charge < -0.3 is 19.2 Å². The Morgan fingerprint density at radius 1 is 1.23 bits per heavy atom. The van der Waals surface area contributed by atoms with Crippen molar-refractivity contribution in [1.82, 2.24) is 10.3 Å². The number of carbonyl (C=O) groups excluding carboxylic acids is 1.